The van der Waals surface area contributed by atoms with Crippen LogP contribution < -0.4 is 4.74 Å². The number of rotatable bonds is 7. The van der Waals surface area contributed by atoms with E-state index in [1.54, 1.807) is 48.5 Å². The summed E-state index contributed by atoms with van der Waals surface area (Å²) in [4.78, 5) is 12.7. The highest BCUT2D eigenvalue weighted by Gasteiger charge is 2.51. The zero-order chi connectivity index (χ0) is 21.7. The minimum absolute atomic E-state index is 0.362. The summed E-state index contributed by atoms with van der Waals surface area (Å²) >= 11 is 6.02. The lowest BCUT2D eigenvalue weighted by molar-refractivity contribution is -0.146. The van der Waals surface area contributed by atoms with Crippen LogP contribution in [0.5, 0.6) is 11.5 Å². The van der Waals surface area contributed by atoms with Crippen LogP contribution in [0.4, 0.5) is 0 Å². The number of para-hydroxylation sites is 1. The fraction of sp³-hybridized carbons (Fsp3) is 0.200. The van der Waals surface area contributed by atoms with E-state index in [1.807, 2.05) is 44.2 Å². The van der Waals surface area contributed by atoms with Gasteiger partial charge in [-0.15, -0.1) is 0 Å². The van der Waals surface area contributed by atoms with Crippen molar-refractivity contribution in [2.24, 2.45) is 5.92 Å². The number of carbonyl (C=O) groups is 1. The van der Waals surface area contributed by atoms with Crippen molar-refractivity contribution in [2.75, 3.05) is 0 Å². The molecular weight excluding hydrogens is 398 g/mol. The third-order valence-electron chi connectivity index (χ3n) is 5.34. The monoisotopic (exact) mass is 419 g/mol. The number of carboxylic acid groups (broad SMARTS) is 1. The highest BCUT2D eigenvalue weighted by molar-refractivity contribution is 6.30. The summed E-state index contributed by atoms with van der Waals surface area (Å²) < 4.78 is 5.89. The first kappa shape index (κ1) is 21.4. The average Bonchev–Trinajstić information content (AvgIpc) is 2.73. The van der Waals surface area contributed by atoms with Crippen LogP contribution in [-0.2, 0) is 10.2 Å². The largest absolute Gasteiger partial charge is 0.481 e. The van der Waals surface area contributed by atoms with E-state index in [1.165, 1.54) is 0 Å². The zero-order valence-electron chi connectivity index (χ0n) is 16.7. The molecule has 0 saturated heterocycles. The summed E-state index contributed by atoms with van der Waals surface area (Å²) in [6.45, 7) is 3.63. The molecule has 0 amide bonds. The van der Waals surface area contributed by atoms with Crippen LogP contribution in [-0.4, -0.2) is 11.1 Å². The molecule has 3 aromatic carbocycles. The molecule has 0 radical (unpaired) electrons. The molecule has 0 bridgehead atoms. The Morgan fingerprint density at radius 3 is 2.20 bits per heavy atom. The number of nitrogens with zero attached hydrogens (tertiary/aromatic N) is 1. The van der Waals surface area contributed by atoms with E-state index in [0.717, 1.165) is 0 Å². The molecule has 0 aromatic heterocycles. The summed E-state index contributed by atoms with van der Waals surface area (Å²) in [6.07, 6.45) is 0. The van der Waals surface area contributed by atoms with Gasteiger partial charge in [-0.25, -0.2) is 0 Å². The van der Waals surface area contributed by atoms with Crippen LogP contribution in [0.25, 0.3) is 0 Å². The van der Waals surface area contributed by atoms with Gasteiger partial charge in [0.15, 0.2) is 0 Å². The number of nitriles is 1. The summed E-state index contributed by atoms with van der Waals surface area (Å²) in [5.41, 5.74) is -0.336. The predicted octanol–water partition coefficient (Wildman–Crippen LogP) is 6.42. The Morgan fingerprint density at radius 2 is 1.63 bits per heavy atom. The van der Waals surface area contributed by atoms with E-state index in [4.69, 9.17) is 16.3 Å². The molecule has 152 valence electrons. The SMILES string of the molecule is CC(C)[C@](C(=O)O)(c1ccc(Cl)cc1)[C@@H](C#N)c1cccc(Oc2ccccc2)c1. The van der Waals surface area contributed by atoms with Crippen molar-refractivity contribution in [3.8, 4) is 17.6 Å². The molecule has 5 heteroatoms. The molecule has 0 unspecified atom stereocenters. The number of hydrogen-bond donors (Lipinski definition) is 1. The van der Waals surface area contributed by atoms with Crippen molar-refractivity contribution in [3.63, 3.8) is 0 Å². The minimum Gasteiger partial charge on any atom is -0.481 e. The van der Waals surface area contributed by atoms with Gasteiger partial charge in [0.1, 0.15) is 16.9 Å². The first-order valence-corrected chi connectivity index (χ1v) is 9.99. The maximum absolute atomic E-state index is 12.7. The molecular formula is C25H22ClNO3. The Bertz CT molecular complexity index is 1060. The molecule has 2 atom stereocenters. The Morgan fingerprint density at radius 1 is 1.00 bits per heavy atom. The van der Waals surface area contributed by atoms with Crippen LogP contribution in [0.2, 0.25) is 5.02 Å². The van der Waals surface area contributed by atoms with E-state index in [-0.39, 0.29) is 5.92 Å². The lowest BCUT2D eigenvalue weighted by atomic mass is 9.62. The van der Waals surface area contributed by atoms with Gasteiger partial charge in [-0.1, -0.05) is 67.9 Å². The van der Waals surface area contributed by atoms with Gasteiger partial charge in [0.25, 0.3) is 0 Å². The predicted molar refractivity (Wildman–Crippen MR) is 117 cm³/mol. The number of halogens is 1. The molecule has 0 aliphatic rings. The van der Waals surface area contributed by atoms with E-state index in [9.17, 15) is 15.2 Å². The number of carboxylic acids is 1. The highest BCUT2D eigenvalue weighted by atomic mass is 35.5. The molecule has 4 nitrogen and oxygen atoms in total. The van der Waals surface area contributed by atoms with Crippen molar-refractivity contribution >= 4 is 17.6 Å². The number of benzene rings is 3. The zero-order valence-corrected chi connectivity index (χ0v) is 17.5. The van der Waals surface area contributed by atoms with Crippen LogP contribution in [0.1, 0.15) is 30.9 Å². The molecule has 3 aromatic rings. The van der Waals surface area contributed by atoms with Crippen LogP contribution in [0, 0.1) is 17.2 Å². The third-order valence-corrected chi connectivity index (χ3v) is 5.59. The van der Waals surface area contributed by atoms with E-state index < -0.39 is 17.3 Å². The van der Waals surface area contributed by atoms with Crippen LogP contribution >= 0.6 is 11.6 Å². The molecule has 3 rings (SSSR count). The molecule has 0 aliphatic heterocycles. The standard InChI is InChI=1S/C25H22ClNO3/c1-17(2)25(24(28)29,19-11-13-20(26)14-12-19)23(16-27)18-7-6-10-22(15-18)30-21-8-4-3-5-9-21/h3-15,17,23H,1-2H3,(H,28,29)/t23-,25-/m0/s1. The lowest BCUT2D eigenvalue weighted by Gasteiger charge is -2.38. The molecule has 0 saturated carbocycles. The van der Waals surface area contributed by atoms with Crippen molar-refractivity contribution in [1.82, 2.24) is 0 Å². The average molecular weight is 420 g/mol. The number of aliphatic carboxylic acids is 1. The second kappa shape index (κ2) is 9.02. The van der Waals surface area contributed by atoms with Crippen molar-refractivity contribution in [3.05, 3.63) is 95.0 Å². The Hall–Kier alpha value is -3.29. The van der Waals surface area contributed by atoms with Gasteiger partial charge < -0.3 is 9.84 Å². The first-order valence-electron chi connectivity index (χ1n) is 9.61. The smallest absolute Gasteiger partial charge is 0.316 e. The number of ether oxygens (including phenoxy) is 1. The quantitative estimate of drug-likeness (QED) is 0.479. The molecule has 0 fully saturated rings. The van der Waals surface area contributed by atoms with Gasteiger partial charge in [0, 0.05) is 5.02 Å². The van der Waals surface area contributed by atoms with Gasteiger partial charge in [-0.2, -0.15) is 5.26 Å². The van der Waals surface area contributed by atoms with Crippen molar-refractivity contribution in [1.29, 1.82) is 5.26 Å². The second-order valence-corrected chi connectivity index (χ2v) is 7.82. The highest BCUT2D eigenvalue weighted by Crippen LogP contribution is 2.46. The first-order chi connectivity index (χ1) is 14.4. The maximum atomic E-state index is 12.7. The van der Waals surface area contributed by atoms with E-state index in [0.29, 0.717) is 27.6 Å². The Balaban J connectivity index is 2.11. The van der Waals surface area contributed by atoms with Crippen LogP contribution in [0.3, 0.4) is 0 Å². The summed E-state index contributed by atoms with van der Waals surface area (Å²) in [5.74, 6) is -1.15. The fourth-order valence-electron chi connectivity index (χ4n) is 3.87. The van der Waals surface area contributed by atoms with Gasteiger partial charge in [-0.3, -0.25) is 4.79 Å². The summed E-state index contributed by atoms with van der Waals surface area (Å²) in [7, 11) is 0. The van der Waals surface area contributed by atoms with Gasteiger partial charge >= 0.3 is 5.97 Å². The summed E-state index contributed by atoms with van der Waals surface area (Å²) in [5, 5.41) is 21.0. The number of hydrogen-bond acceptors (Lipinski definition) is 3. The summed E-state index contributed by atoms with van der Waals surface area (Å²) in [6, 6.07) is 25.3. The topological polar surface area (TPSA) is 70.3 Å². The van der Waals surface area contributed by atoms with Gasteiger partial charge in [-0.05, 0) is 53.4 Å². The lowest BCUT2D eigenvalue weighted by Crippen LogP contribution is -2.46. The van der Waals surface area contributed by atoms with Gasteiger partial charge in [0.05, 0.1) is 12.0 Å². The molecule has 30 heavy (non-hydrogen) atoms. The van der Waals surface area contributed by atoms with Crippen molar-refractivity contribution in [2.45, 2.75) is 25.2 Å². The normalized spacial score (nSPS) is 13.8. The van der Waals surface area contributed by atoms with Gasteiger partial charge in [0.2, 0.25) is 0 Å². The molecule has 0 aliphatic carbocycles. The molecule has 0 heterocycles. The van der Waals surface area contributed by atoms with E-state index in [2.05, 4.69) is 6.07 Å². The second-order valence-electron chi connectivity index (χ2n) is 7.39. The Kier molecular flexibility index (Phi) is 6.44. The Labute approximate surface area is 181 Å². The van der Waals surface area contributed by atoms with Crippen LogP contribution in [0.15, 0.2) is 78.9 Å². The minimum atomic E-state index is -1.45. The fourth-order valence-corrected chi connectivity index (χ4v) is 4.00. The maximum Gasteiger partial charge on any atom is 0.316 e. The molecule has 1 N–H and O–H groups in total. The van der Waals surface area contributed by atoms with Crippen molar-refractivity contribution < 1.29 is 14.6 Å². The molecule has 0 spiro atoms. The van der Waals surface area contributed by atoms with E-state index >= 15 is 0 Å². The third kappa shape index (κ3) is 4.03.